The van der Waals surface area contributed by atoms with Gasteiger partial charge < -0.3 is 9.84 Å². The van der Waals surface area contributed by atoms with Crippen molar-refractivity contribution in [2.45, 2.75) is 20.3 Å². The van der Waals surface area contributed by atoms with E-state index in [1.54, 1.807) is 13.8 Å². The molecule has 0 amide bonds. The first-order valence-electron chi connectivity index (χ1n) is 4.32. The molecule has 4 nitrogen and oxygen atoms in total. The van der Waals surface area contributed by atoms with Gasteiger partial charge in [-0.05, 0) is 0 Å². The lowest BCUT2D eigenvalue weighted by Crippen LogP contribution is -2.24. The van der Waals surface area contributed by atoms with Crippen LogP contribution in [0.3, 0.4) is 0 Å². The molecule has 1 aliphatic carbocycles. The normalized spacial score (nSPS) is 24.6. The van der Waals surface area contributed by atoms with Crippen molar-refractivity contribution in [3.63, 3.8) is 0 Å². The second-order valence-corrected chi connectivity index (χ2v) is 4.15. The Morgan fingerprint density at radius 2 is 2.07 bits per heavy atom. The highest BCUT2D eigenvalue weighted by Crippen LogP contribution is 2.44. The van der Waals surface area contributed by atoms with Crippen molar-refractivity contribution in [3.05, 3.63) is 23.2 Å². The standard InChI is InChI=1S/C10H10O4/c1-10(2)4-5(11)3-6-7(10)8(12)9(13)14-6/h3,12H,4H2,1-2H3. The number of hydrogen-bond donors (Lipinski definition) is 1. The molecule has 2 aliphatic rings. The fourth-order valence-corrected chi connectivity index (χ4v) is 1.89. The molecule has 0 bridgehead atoms. The molecule has 0 aromatic carbocycles. The summed E-state index contributed by atoms with van der Waals surface area (Å²) < 4.78 is 4.76. The van der Waals surface area contributed by atoms with Crippen molar-refractivity contribution >= 4 is 11.8 Å². The zero-order valence-corrected chi connectivity index (χ0v) is 7.96. The van der Waals surface area contributed by atoms with E-state index in [9.17, 15) is 14.7 Å². The first-order chi connectivity index (χ1) is 6.42. The number of carbonyl (C=O) groups excluding carboxylic acids is 2. The Kier molecular flexibility index (Phi) is 1.58. The number of ether oxygens (including phenoxy) is 1. The minimum Gasteiger partial charge on any atom is -0.502 e. The highest BCUT2D eigenvalue weighted by Gasteiger charge is 2.43. The van der Waals surface area contributed by atoms with E-state index in [1.165, 1.54) is 6.08 Å². The zero-order valence-electron chi connectivity index (χ0n) is 7.96. The lowest BCUT2D eigenvalue weighted by atomic mass is 9.75. The highest BCUT2D eigenvalue weighted by molar-refractivity contribution is 5.99. The third-order valence-electron chi connectivity index (χ3n) is 2.46. The van der Waals surface area contributed by atoms with Crippen LogP contribution in [0, 0.1) is 5.41 Å². The summed E-state index contributed by atoms with van der Waals surface area (Å²) in [7, 11) is 0. The maximum absolute atomic E-state index is 11.3. The molecule has 0 unspecified atom stereocenters. The van der Waals surface area contributed by atoms with Crippen LogP contribution in [0.2, 0.25) is 0 Å². The molecule has 0 saturated carbocycles. The van der Waals surface area contributed by atoms with Gasteiger partial charge in [0.05, 0.1) is 5.57 Å². The maximum atomic E-state index is 11.3. The number of ketones is 1. The van der Waals surface area contributed by atoms with E-state index < -0.39 is 11.4 Å². The van der Waals surface area contributed by atoms with E-state index in [0.29, 0.717) is 5.57 Å². The number of hydrogen-bond acceptors (Lipinski definition) is 4. The lowest BCUT2D eigenvalue weighted by molar-refractivity contribution is -0.135. The van der Waals surface area contributed by atoms with Gasteiger partial charge in [0.15, 0.2) is 5.78 Å². The van der Waals surface area contributed by atoms with Crippen LogP contribution in [0.1, 0.15) is 20.3 Å². The Labute approximate surface area is 80.9 Å². The second kappa shape index (κ2) is 2.47. The summed E-state index contributed by atoms with van der Waals surface area (Å²) >= 11 is 0. The van der Waals surface area contributed by atoms with Gasteiger partial charge in [-0.25, -0.2) is 4.79 Å². The van der Waals surface area contributed by atoms with Crippen LogP contribution in [0.4, 0.5) is 0 Å². The summed E-state index contributed by atoms with van der Waals surface area (Å²) in [5, 5.41) is 9.47. The van der Waals surface area contributed by atoms with E-state index in [2.05, 4.69) is 0 Å². The minimum atomic E-state index is -0.769. The third-order valence-corrected chi connectivity index (χ3v) is 2.46. The zero-order chi connectivity index (χ0) is 10.5. The first-order valence-corrected chi connectivity index (χ1v) is 4.32. The summed E-state index contributed by atoms with van der Waals surface area (Å²) in [6.45, 7) is 3.59. The smallest absolute Gasteiger partial charge is 0.379 e. The molecule has 1 N–H and O–H groups in total. The van der Waals surface area contributed by atoms with Crippen LogP contribution in [-0.4, -0.2) is 16.9 Å². The van der Waals surface area contributed by atoms with Gasteiger partial charge in [-0.1, -0.05) is 13.8 Å². The number of carbonyl (C=O) groups is 2. The predicted molar refractivity (Wildman–Crippen MR) is 47.2 cm³/mol. The van der Waals surface area contributed by atoms with Gasteiger partial charge in [-0.2, -0.15) is 0 Å². The average molecular weight is 194 g/mol. The van der Waals surface area contributed by atoms with Crippen molar-refractivity contribution in [2.75, 3.05) is 0 Å². The molecule has 1 aliphatic heterocycles. The first kappa shape index (κ1) is 8.99. The Morgan fingerprint density at radius 3 is 2.71 bits per heavy atom. The molecule has 1 heterocycles. The lowest BCUT2D eigenvalue weighted by Gasteiger charge is -2.27. The van der Waals surface area contributed by atoms with Crippen molar-refractivity contribution < 1.29 is 19.4 Å². The van der Waals surface area contributed by atoms with E-state index in [-0.39, 0.29) is 23.7 Å². The van der Waals surface area contributed by atoms with E-state index in [1.807, 2.05) is 0 Å². The molecule has 4 heteroatoms. The molecule has 14 heavy (non-hydrogen) atoms. The van der Waals surface area contributed by atoms with Gasteiger partial charge in [0.25, 0.3) is 0 Å². The van der Waals surface area contributed by atoms with Crippen LogP contribution in [-0.2, 0) is 14.3 Å². The van der Waals surface area contributed by atoms with Gasteiger partial charge in [0.2, 0.25) is 5.76 Å². The Bertz CT molecular complexity index is 398. The largest absolute Gasteiger partial charge is 0.502 e. The number of allylic oxidation sites excluding steroid dienone is 2. The summed E-state index contributed by atoms with van der Waals surface area (Å²) in [4.78, 5) is 22.3. The highest BCUT2D eigenvalue weighted by atomic mass is 16.6. The van der Waals surface area contributed by atoms with Crippen LogP contribution >= 0.6 is 0 Å². The average Bonchev–Trinajstić information content (AvgIpc) is 2.25. The van der Waals surface area contributed by atoms with Crippen molar-refractivity contribution in [2.24, 2.45) is 5.41 Å². The van der Waals surface area contributed by atoms with Crippen LogP contribution in [0.5, 0.6) is 0 Å². The van der Waals surface area contributed by atoms with Gasteiger partial charge in [0, 0.05) is 17.9 Å². The van der Waals surface area contributed by atoms with E-state index >= 15 is 0 Å². The van der Waals surface area contributed by atoms with Gasteiger partial charge in [0.1, 0.15) is 5.76 Å². The summed E-state index contributed by atoms with van der Waals surface area (Å²) in [5.41, 5.74) is -0.0840. The van der Waals surface area contributed by atoms with Crippen LogP contribution < -0.4 is 0 Å². The molecule has 0 aromatic rings. The summed E-state index contributed by atoms with van der Waals surface area (Å²) in [6, 6.07) is 0. The van der Waals surface area contributed by atoms with Crippen molar-refractivity contribution in [1.82, 2.24) is 0 Å². The van der Waals surface area contributed by atoms with Crippen molar-refractivity contribution in [1.29, 1.82) is 0 Å². The SMILES string of the molecule is CC1(C)CC(=O)C=C2OC(=O)C(O)=C21. The minimum absolute atomic E-state index is 0.0868. The van der Waals surface area contributed by atoms with Crippen LogP contribution in [0.25, 0.3) is 0 Å². The molecule has 0 spiro atoms. The number of rotatable bonds is 0. The molecule has 0 fully saturated rings. The molecular formula is C10H10O4. The molecule has 0 atom stereocenters. The van der Waals surface area contributed by atoms with Gasteiger partial charge >= 0.3 is 5.97 Å². The molecule has 0 aromatic heterocycles. The Morgan fingerprint density at radius 1 is 1.43 bits per heavy atom. The predicted octanol–water partition coefficient (Wildman–Crippen LogP) is 1.24. The topological polar surface area (TPSA) is 63.6 Å². The fourth-order valence-electron chi connectivity index (χ4n) is 1.89. The Balaban J connectivity index is 2.62. The molecule has 0 radical (unpaired) electrons. The van der Waals surface area contributed by atoms with Crippen molar-refractivity contribution in [3.8, 4) is 0 Å². The number of fused-ring (bicyclic) bond motifs is 1. The summed E-state index contributed by atoms with van der Waals surface area (Å²) in [6.07, 6.45) is 1.55. The molecule has 2 rings (SSSR count). The molecular weight excluding hydrogens is 184 g/mol. The maximum Gasteiger partial charge on any atom is 0.379 e. The third kappa shape index (κ3) is 1.07. The van der Waals surface area contributed by atoms with Gasteiger partial charge in [-0.3, -0.25) is 4.79 Å². The quantitative estimate of drug-likeness (QED) is 0.589. The number of aliphatic hydroxyl groups excluding tert-OH is 1. The van der Waals surface area contributed by atoms with E-state index in [4.69, 9.17) is 4.74 Å². The summed E-state index contributed by atoms with van der Waals surface area (Å²) in [5.74, 6) is -1.02. The molecule has 0 saturated heterocycles. The fraction of sp³-hybridized carbons (Fsp3) is 0.400. The van der Waals surface area contributed by atoms with E-state index in [0.717, 1.165) is 0 Å². The monoisotopic (exact) mass is 194 g/mol. The van der Waals surface area contributed by atoms with Crippen LogP contribution in [0.15, 0.2) is 23.2 Å². The number of aliphatic hydroxyl groups is 1. The van der Waals surface area contributed by atoms with Gasteiger partial charge in [-0.15, -0.1) is 0 Å². The Hall–Kier alpha value is -1.58. The molecule has 74 valence electrons. The number of esters is 1. The second-order valence-electron chi connectivity index (χ2n) is 4.15.